The molecular weight excluding hydrogens is 441 g/mol. The van der Waals surface area contributed by atoms with E-state index in [-0.39, 0.29) is 10.7 Å². The molecule has 0 aliphatic carbocycles. The summed E-state index contributed by atoms with van der Waals surface area (Å²) in [6, 6.07) is 11.0. The Bertz CT molecular complexity index is 1220. The fourth-order valence-corrected chi connectivity index (χ4v) is 5.31. The molecule has 0 saturated carbocycles. The minimum absolute atomic E-state index is 0.202. The van der Waals surface area contributed by atoms with Crippen LogP contribution in [0.25, 0.3) is 22.1 Å². The van der Waals surface area contributed by atoms with Crippen molar-refractivity contribution < 1.29 is 17.5 Å². The lowest BCUT2D eigenvalue weighted by atomic mass is 10.2. The molecule has 0 atom stereocenters. The first kappa shape index (κ1) is 22.0. The lowest BCUT2D eigenvalue weighted by Gasteiger charge is -2.26. The summed E-state index contributed by atoms with van der Waals surface area (Å²) in [4.78, 5) is 4.85. The molecule has 31 heavy (non-hydrogen) atoms. The van der Waals surface area contributed by atoms with Gasteiger partial charge >= 0.3 is 0 Å². The highest BCUT2D eigenvalue weighted by Gasteiger charge is 2.27. The number of ether oxygens (including phenoxy) is 1. The second-order valence-electron chi connectivity index (χ2n) is 7.30. The summed E-state index contributed by atoms with van der Waals surface area (Å²) in [5.74, 6) is 0.226. The van der Waals surface area contributed by atoms with Crippen LogP contribution in [0, 0.1) is 5.82 Å². The summed E-state index contributed by atoms with van der Waals surface area (Å²) >= 11 is 6.59. The van der Waals surface area contributed by atoms with Gasteiger partial charge in [-0.1, -0.05) is 30.7 Å². The first-order valence-electron chi connectivity index (χ1n) is 10.1. The molecule has 0 unspecified atom stereocenters. The van der Waals surface area contributed by atoms with Crippen molar-refractivity contribution in [3.63, 3.8) is 0 Å². The molecule has 9 heteroatoms. The summed E-state index contributed by atoms with van der Waals surface area (Å²) in [5.41, 5.74) is 2.11. The van der Waals surface area contributed by atoms with Gasteiger partial charge in [-0.3, -0.25) is 0 Å². The van der Waals surface area contributed by atoms with Gasteiger partial charge in [-0.25, -0.2) is 17.8 Å². The Balaban J connectivity index is 1.76. The van der Waals surface area contributed by atoms with Crippen molar-refractivity contribution in [1.82, 2.24) is 13.9 Å². The SMILES string of the molecule is CCCn1c(/C(Cl)=C/c2ccc(F)cc2)nc2cc(S(=O)(=O)N3CCOCC3)ccc21. The van der Waals surface area contributed by atoms with E-state index in [0.717, 1.165) is 17.5 Å². The number of sulfonamides is 1. The van der Waals surface area contributed by atoms with E-state index >= 15 is 0 Å². The van der Waals surface area contributed by atoms with Gasteiger partial charge in [0.15, 0.2) is 5.82 Å². The van der Waals surface area contributed by atoms with Crippen molar-refractivity contribution in [3.8, 4) is 0 Å². The van der Waals surface area contributed by atoms with Crippen LogP contribution >= 0.6 is 11.6 Å². The third kappa shape index (κ3) is 4.52. The molecule has 0 N–H and O–H groups in total. The van der Waals surface area contributed by atoms with E-state index in [0.29, 0.717) is 49.2 Å². The van der Waals surface area contributed by atoms with Crippen LogP contribution in [0.15, 0.2) is 47.4 Å². The van der Waals surface area contributed by atoms with Gasteiger partial charge in [0.2, 0.25) is 10.0 Å². The third-order valence-electron chi connectivity index (χ3n) is 5.15. The van der Waals surface area contributed by atoms with Gasteiger partial charge in [-0.05, 0) is 48.4 Å². The van der Waals surface area contributed by atoms with Gasteiger partial charge in [-0.2, -0.15) is 4.31 Å². The Morgan fingerprint density at radius 1 is 1.19 bits per heavy atom. The molecule has 1 saturated heterocycles. The quantitative estimate of drug-likeness (QED) is 0.545. The second-order valence-corrected chi connectivity index (χ2v) is 9.64. The minimum Gasteiger partial charge on any atom is -0.379 e. The van der Waals surface area contributed by atoms with Crippen LogP contribution < -0.4 is 0 Å². The number of halogens is 2. The predicted octanol–water partition coefficient (Wildman–Crippen LogP) is 4.34. The summed E-state index contributed by atoms with van der Waals surface area (Å²) in [5, 5.41) is 0.397. The lowest BCUT2D eigenvalue weighted by Crippen LogP contribution is -2.40. The maximum Gasteiger partial charge on any atom is 0.243 e. The van der Waals surface area contributed by atoms with Crippen LogP contribution in [-0.4, -0.2) is 48.6 Å². The third-order valence-corrected chi connectivity index (χ3v) is 7.32. The molecule has 3 aromatic rings. The van der Waals surface area contributed by atoms with Crippen molar-refractivity contribution in [2.75, 3.05) is 26.3 Å². The fraction of sp³-hybridized carbons (Fsp3) is 0.318. The number of nitrogens with zero attached hydrogens (tertiary/aromatic N) is 3. The largest absolute Gasteiger partial charge is 0.379 e. The molecular formula is C22H23ClFN3O3S. The van der Waals surface area contributed by atoms with E-state index in [1.165, 1.54) is 16.4 Å². The first-order chi connectivity index (χ1) is 14.9. The van der Waals surface area contributed by atoms with Crippen molar-refractivity contribution in [2.45, 2.75) is 24.8 Å². The Morgan fingerprint density at radius 3 is 2.58 bits per heavy atom. The van der Waals surface area contributed by atoms with Gasteiger partial charge in [-0.15, -0.1) is 0 Å². The normalized spacial score (nSPS) is 16.2. The molecule has 1 aromatic heterocycles. The zero-order valence-corrected chi connectivity index (χ0v) is 18.7. The predicted molar refractivity (Wildman–Crippen MR) is 120 cm³/mol. The molecule has 1 aliphatic heterocycles. The highest BCUT2D eigenvalue weighted by atomic mass is 35.5. The van der Waals surface area contributed by atoms with E-state index in [9.17, 15) is 12.8 Å². The van der Waals surface area contributed by atoms with Crippen LogP contribution in [0.2, 0.25) is 0 Å². The maximum atomic E-state index is 13.2. The number of hydrogen-bond acceptors (Lipinski definition) is 4. The standard InChI is InChI=1S/C22H23ClFN3O3S/c1-2-9-27-21-8-7-18(31(28,29)26-10-12-30-13-11-26)15-20(21)25-22(27)19(23)14-16-3-5-17(24)6-4-16/h3-8,14-15H,2,9-13H2,1H3/b19-14-. The van der Waals surface area contributed by atoms with Crippen molar-refractivity contribution in [1.29, 1.82) is 0 Å². The number of fused-ring (bicyclic) bond motifs is 1. The number of hydrogen-bond donors (Lipinski definition) is 0. The Morgan fingerprint density at radius 2 is 1.90 bits per heavy atom. The molecule has 0 bridgehead atoms. The number of imidazole rings is 1. The first-order valence-corrected chi connectivity index (χ1v) is 11.9. The molecule has 2 heterocycles. The summed E-state index contributed by atoms with van der Waals surface area (Å²) < 4.78 is 47.9. The zero-order valence-electron chi connectivity index (χ0n) is 17.1. The zero-order chi connectivity index (χ0) is 22.0. The van der Waals surface area contributed by atoms with Crippen LogP contribution in [-0.2, 0) is 21.3 Å². The molecule has 164 valence electrons. The molecule has 4 rings (SSSR count). The average molecular weight is 464 g/mol. The number of aromatic nitrogens is 2. The van der Waals surface area contributed by atoms with Gasteiger partial charge in [0, 0.05) is 19.6 Å². The number of morpholine rings is 1. The van der Waals surface area contributed by atoms with Crippen LogP contribution in [0.4, 0.5) is 4.39 Å². The van der Waals surface area contributed by atoms with Crippen molar-refractivity contribution in [3.05, 3.63) is 59.7 Å². The van der Waals surface area contributed by atoms with Gasteiger partial charge in [0.25, 0.3) is 0 Å². The maximum absolute atomic E-state index is 13.2. The monoisotopic (exact) mass is 463 g/mol. The highest BCUT2D eigenvalue weighted by molar-refractivity contribution is 7.89. The van der Waals surface area contributed by atoms with Crippen LogP contribution in [0.3, 0.4) is 0 Å². The van der Waals surface area contributed by atoms with Crippen molar-refractivity contribution in [2.24, 2.45) is 0 Å². The topological polar surface area (TPSA) is 64.4 Å². The Labute approximate surface area is 186 Å². The molecule has 1 aliphatic rings. The fourth-order valence-electron chi connectivity index (χ4n) is 3.61. The van der Waals surface area contributed by atoms with Gasteiger partial charge in [0.05, 0.1) is 34.2 Å². The molecule has 2 aromatic carbocycles. The summed E-state index contributed by atoms with van der Waals surface area (Å²) in [6.45, 7) is 4.17. The van der Waals surface area contributed by atoms with Crippen molar-refractivity contribution >= 4 is 43.8 Å². The molecule has 6 nitrogen and oxygen atoms in total. The molecule has 0 radical (unpaired) electrons. The molecule has 0 spiro atoms. The minimum atomic E-state index is -3.62. The lowest BCUT2D eigenvalue weighted by molar-refractivity contribution is 0.0730. The Kier molecular flexibility index (Phi) is 6.43. The summed E-state index contributed by atoms with van der Waals surface area (Å²) in [7, 11) is -3.62. The second kappa shape index (κ2) is 9.08. The van der Waals surface area contributed by atoms with Crippen LogP contribution in [0.5, 0.6) is 0 Å². The highest BCUT2D eigenvalue weighted by Crippen LogP contribution is 2.29. The van der Waals surface area contributed by atoms with E-state index in [1.807, 2.05) is 11.5 Å². The number of rotatable bonds is 6. The van der Waals surface area contributed by atoms with E-state index in [2.05, 4.69) is 4.98 Å². The Hall–Kier alpha value is -2.26. The van der Waals surface area contributed by atoms with Crippen LogP contribution in [0.1, 0.15) is 24.7 Å². The average Bonchev–Trinajstić information content (AvgIpc) is 3.14. The van der Waals surface area contributed by atoms with E-state index in [4.69, 9.17) is 16.3 Å². The number of benzene rings is 2. The molecule has 1 fully saturated rings. The number of aryl methyl sites for hydroxylation is 1. The smallest absolute Gasteiger partial charge is 0.243 e. The van der Waals surface area contributed by atoms with E-state index in [1.54, 1.807) is 36.4 Å². The molecule has 0 amide bonds. The van der Waals surface area contributed by atoms with Gasteiger partial charge < -0.3 is 9.30 Å². The van der Waals surface area contributed by atoms with E-state index < -0.39 is 10.0 Å². The van der Waals surface area contributed by atoms with Gasteiger partial charge in [0.1, 0.15) is 5.82 Å². The summed E-state index contributed by atoms with van der Waals surface area (Å²) in [6.07, 6.45) is 2.58.